The summed E-state index contributed by atoms with van der Waals surface area (Å²) in [6.45, 7) is 7.29. The van der Waals surface area contributed by atoms with Crippen LogP contribution in [0.2, 0.25) is 0 Å². The minimum absolute atomic E-state index is 0.0310. The zero-order chi connectivity index (χ0) is 18.1. The molecule has 2 aliphatic rings. The Hall–Kier alpha value is -2.08. The smallest absolute Gasteiger partial charge is 0.410 e. The lowest BCUT2D eigenvalue weighted by molar-refractivity contribution is -0.155. The molecule has 1 aromatic rings. The molecule has 136 valence electrons. The highest BCUT2D eigenvalue weighted by Gasteiger charge is 2.56. The van der Waals surface area contributed by atoms with Crippen molar-refractivity contribution in [3.8, 4) is 0 Å². The van der Waals surface area contributed by atoms with Gasteiger partial charge in [0.2, 0.25) is 5.91 Å². The lowest BCUT2D eigenvalue weighted by atomic mass is 9.57. The van der Waals surface area contributed by atoms with E-state index in [1.54, 1.807) is 4.90 Å². The van der Waals surface area contributed by atoms with Gasteiger partial charge in [0.1, 0.15) is 5.60 Å². The molecule has 0 bridgehead atoms. The monoisotopic (exact) mass is 346 g/mol. The van der Waals surface area contributed by atoms with E-state index in [1.807, 2.05) is 51.1 Å². The summed E-state index contributed by atoms with van der Waals surface area (Å²) in [5, 5.41) is 0. The van der Waals surface area contributed by atoms with Crippen LogP contribution in [0.25, 0.3) is 0 Å². The molecule has 0 unspecified atom stereocenters. The van der Waals surface area contributed by atoms with Crippen molar-refractivity contribution in [3.63, 3.8) is 0 Å². The van der Waals surface area contributed by atoms with Gasteiger partial charge < -0.3 is 9.64 Å². The summed E-state index contributed by atoms with van der Waals surface area (Å²) >= 11 is 0. The third-order valence-electron chi connectivity index (χ3n) is 4.69. The van der Waals surface area contributed by atoms with Crippen LogP contribution in [0.4, 0.5) is 4.79 Å². The molecule has 3 rings (SSSR count). The van der Waals surface area contributed by atoms with Gasteiger partial charge in [-0.3, -0.25) is 9.63 Å². The third-order valence-corrected chi connectivity index (χ3v) is 4.69. The van der Waals surface area contributed by atoms with Crippen molar-refractivity contribution in [1.29, 1.82) is 0 Å². The first-order chi connectivity index (χ1) is 11.8. The molecule has 1 spiro atoms. The highest BCUT2D eigenvalue weighted by molar-refractivity contribution is 5.79. The highest BCUT2D eigenvalue weighted by atomic mass is 16.6. The fourth-order valence-corrected chi connectivity index (χ4v) is 3.50. The second kappa shape index (κ2) is 6.67. The number of hydrogen-bond donors (Lipinski definition) is 1. The average molecular weight is 346 g/mol. The Morgan fingerprint density at radius 3 is 2.44 bits per heavy atom. The summed E-state index contributed by atoms with van der Waals surface area (Å²) in [6.07, 6.45) is 1.33. The number of carbonyl (C=O) groups excluding carboxylic acids is 2. The van der Waals surface area contributed by atoms with E-state index in [1.165, 1.54) is 0 Å². The molecule has 0 radical (unpaired) electrons. The average Bonchev–Trinajstić information content (AvgIpc) is 2.43. The molecule has 0 atom stereocenters. The van der Waals surface area contributed by atoms with E-state index in [-0.39, 0.29) is 23.3 Å². The Balaban J connectivity index is 1.34. The topological polar surface area (TPSA) is 67.9 Å². The quantitative estimate of drug-likeness (QED) is 0.851. The number of likely N-dealkylation sites (tertiary alicyclic amines) is 1. The van der Waals surface area contributed by atoms with Gasteiger partial charge in [-0.15, -0.1) is 0 Å². The first-order valence-corrected chi connectivity index (χ1v) is 8.70. The van der Waals surface area contributed by atoms with Crippen LogP contribution in [0.3, 0.4) is 0 Å². The van der Waals surface area contributed by atoms with E-state index < -0.39 is 5.60 Å². The zero-order valence-electron chi connectivity index (χ0n) is 15.1. The molecule has 1 aliphatic heterocycles. The van der Waals surface area contributed by atoms with Crippen molar-refractivity contribution in [2.75, 3.05) is 13.1 Å². The van der Waals surface area contributed by atoms with Gasteiger partial charge >= 0.3 is 6.09 Å². The van der Waals surface area contributed by atoms with Crippen molar-refractivity contribution >= 4 is 12.0 Å². The molecule has 1 aromatic carbocycles. The lowest BCUT2D eigenvalue weighted by Crippen LogP contribution is -2.65. The van der Waals surface area contributed by atoms with Crippen LogP contribution >= 0.6 is 0 Å². The number of hydroxylamine groups is 1. The largest absolute Gasteiger partial charge is 0.444 e. The van der Waals surface area contributed by atoms with Crippen LogP contribution in [-0.4, -0.2) is 35.6 Å². The van der Waals surface area contributed by atoms with Crippen LogP contribution in [0, 0.1) is 11.3 Å². The van der Waals surface area contributed by atoms with Gasteiger partial charge in [-0.05, 0) is 39.2 Å². The van der Waals surface area contributed by atoms with E-state index in [9.17, 15) is 9.59 Å². The van der Waals surface area contributed by atoms with Crippen LogP contribution in [0.5, 0.6) is 0 Å². The predicted molar refractivity (Wildman–Crippen MR) is 92.3 cm³/mol. The lowest BCUT2D eigenvalue weighted by Gasteiger charge is -2.58. The molecule has 6 nitrogen and oxygen atoms in total. The fraction of sp³-hybridized carbons (Fsp3) is 0.579. The van der Waals surface area contributed by atoms with Gasteiger partial charge in [-0.1, -0.05) is 30.3 Å². The van der Waals surface area contributed by atoms with Crippen LogP contribution in [0.1, 0.15) is 39.2 Å². The summed E-state index contributed by atoms with van der Waals surface area (Å²) in [5.74, 6) is -0.103. The minimum atomic E-state index is -0.474. The maximum absolute atomic E-state index is 12.1. The predicted octanol–water partition coefficient (Wildman–Crippen LogP) is 2.88. The normalized spacial score (nSPS) is 19.1. The summed E-state index contributed by atoms with van der Waals surface area (Å²) in [6, 6.07) is 9.70. The Bertz CT molecular complexity index is 625. The molecule has 25 heavy (non-hydrogen) atoms. The second-order valence-corrected chi connectivity index (χ2v) is 8.18. The Kier molecular flexibility index (Phi) is 4.73. The van der Waals surface area contributed by atoms with Gasteiger partial charge in [-0.25, -0.2) is 10.3 Å². The number of ether oxygens (including phenoxy) is 1. The summed E-state index contributed by atoms with van der Waals surface area (Å²) in [5.41, 5.74) is 3.18. The molecule has 1 aliphatic carbocycles. The number of nitrogens with zero attached hydrogens (tertiary/aromatic N) is 1. The van der Waals surface area contributed by atoms with Crippen molar-refractivity contribution in [1.82, 2.24) is 10.4 Å². The van der Waals surface area contributed by atoms with Crippen molar-refractivity contribution in [3.05, 3.63) is 35.9 Å². The first-order valence-electron chi connectivity index (χ1n) is 8.70. The standard InChI is InChI=1S/C19H26N2O4/c1-18(2,3)25-17(23)21-12-19(13-21)9-15(10-19)16(22)20-24-11-14-7-5-4-6-8-14/h4-8,15H,9-13H2,1-3H3,(H,20,22). The Morgan fingerprint density at radius 1 is 1.20 bits per heavy atom. The molecular weight excluding hydrogens is 320 g/mol. The van der Waals surface area contributed by atoms with Crippen molar-refractivity contribution in [2.24, 2.45) is 11.3 Å². The molecule has 1 saturated heterocycles. The molecule has 0 aromatic heterocycles. The van der Waals surface area contributed by atoms with Crippen molar-refractivity contribution in [2.45, 2.75) is 45.8 Å². The van der Waals surface area contributed by atoms with E-state index in [4.69, 9.17) is 9.57 Å². The minimum Gasteiger partial charge on any atom is -0.444 e. The van der Waals surface area contributed by atoms with Gasteiger partial charge in [0.25, 0.3) is 0 Å². The van der Waals surface area contributed by atoms with E-state index in [2.05, 4.69) is 5.48 Å². The molecular formula is C19H26N2O4. The highest BCUT2D eigenvalue weighted by Crippen LogP contribution is 2.52. The number of amides is 2. The van der Waals surface area contributed by atoms with Gasteiger partial charge in [0, 0.05) is 24.4 Å². The number of benzene rings is 1. The van der Waals surface area contributed by atoms with Crippen molar-refractivity contribution < 1.29 is 19.2 Å². The second-order valence-electron chi connectivity index (χ2n) is 8.18. The number of hydrogen-bond acceptors (Lipinski definition) is 4. The maximum atomic E-state index is 12.1. The molecule has 1 saturated carbocycles. The maximum Gasteiger partial charge on any atom is 0.410 e. The number of carbonyl (C=O) groups is 2. The van der Waals surface area contributed by atoms with Crippen LogP contribution in [-0.2, 0) is 21.0 Å². The molecule has 1 heterocycles. The molecule has 2 amide bonds. The SMILES string of the molecule is CC(C)(C)OC(=O)N1CC2(CC(C(=O)NOCc3ccccc3)C2)C1. The fourth-order valence-electron chi connectivity index (χ4n) is 3.50. The van der Waals surface area contributed by atoms with E-state index >= 15 is 0 Å². The van der Waals surface area contributed by atoms with Gasteiger partial charge in [0.05, 0.1) is 6.61 Å². The first kappa shape index (κ1) is 17.7. The van der Waals surface area contributed by atoms with Gasteiger partial charge in [-0.2, -0.15) is 0 Å². The molecule has 2 fully saturated rings. The van der Waals surface area contributed by atoms with Gasteiger partial charge in [0.15, 0.2) is 0 Å². The summed E-state index contributed by atoms with van der Waals surface area (Å²) in [7, 11) is 0. The Labute approximate surface area is 148 Å². The summed E-state index contributed by atoms with van der Waals surface area (Å²) < 4.78 is 5.36. The van der Waals surface area contributed by atoms with Crippen LogP contribution in [0.15, 0.2) is 30.3 Å². The zero-order valence-corrected chi connectivity index (χ0v) is 15.1. The molecule has 1 N–H and O–H groups in total. The van der Waals surface area contributed by atoms with E-state index in [0.29, 0.717) is 19.7 Å². The number of nitrogens with one attached hydrogen (secondary N) is 1. The third kappa shape index (κ3) is 4.31. The molecule has 6 heteroatoms. The summed E-state index contributed by atoms with van der Waals surface area (Å²) in [4.78, 5) is 31.1. The van der Waals surface area contributed by atoms with E-state index in [0.717, 1.165) is 18.4 Å². The van der Waals surface area contributed by atoms with Crippen LogP contribution < -0.4 is 5.48 Å². The Morgan fingerprint density at radius 2 is 1.84 bits per heavy atom. The number of rotatable bonds is 4.